The third-order valence-electron chi connectivity index (χ3n) is 7.80. The molecule has 1 saturated carbocycles. The summed E-state index contributed by atoms with van der Waals surface area (Å²) in [4.78, 5) is 5.02. The van der Waals surface area contributed by atoms with Gasteiger partial charge < -0.3 is 14.5 Å². The standard InChI is InChI=1S/C24H38BrN3O3S/c1-3-27(2)14-8-19-9-15-28(16-10-19)21-18-20(25)6-7-22(21)32(29,30)26-23-11-17-31-24(23)12-4-5-13-24/h6-7,18-19,23,26H,3-5,8-17H2,1-2H3. The van der Waals surface area contributed by atoms with Crippen LogP contribution in [0.15, 0.2) is 27.6 Å². The van der Waals surface area contributed by atoms with Crippen LogP contribution < -0.4 is 9.62 Å². The highest BCUT2D eigenvalue weighted by Gasteiger charge is 2.48. The Bertz CT molecular complexity index is 875. The molecule has 1 atom stereocenters. The number of anilines is 1. The largest absolute Gasteiger partial charge is 0.373 e. The van der Waals surface area contributed by atoms with E-state index in [4.69, 9.17) is 4.74 Å². The highest BCUT2D eigenvalue weighted by molar-refractivity contribution is 9.10. The maximum Gasteiger partial charge on any atom is 0.242 e. The number of hydrogen-bond acceptors (Lipinski definition) is 5. The van der Waals surface area contributed by atoms with E-state index in [-0.39, 0.29) is 11.6 Å². The predicted octanol–water partition coefficient (Wildman–Crippen LogP) is 4.39. The first kappa shape index (κ1) is 24.5. The maximum atomic E-state index is 13.6. The van der Waals surface area contributed by atoms with Crippen LogP contribution in [0, 0.1) is 5.92 Å². The molecule has 8 heteroatoms. The van der Waals surface area contributed by atoms with Crippen LogP contribution in [0.3, 0.4) is 0 Å². The van der Waals surface area contributed by atoms with Gasteiger partial charge in [0.2, 0.25) is 10.0 Å². The van der Waals surface area contributed by atoms with Crippen molar-refractivity contribution in [2.45, 2.75) is 74.8 Å². The fraction of sp³-hybridized carbons (Fsp3) is 0.750. The Balaban J connectivity index is 1.47. The summed E-state index contributed by atoms with van der Waals surface area (Å²) in [7, 11) is -1.47. The van der Waals surface area contributed by atoms with Crippen LogP contribution in [-0.4, -0.2) is 64.8 Å². The van der Waals surface area contributed by atoms with Crippen LogP contribution in [0.5, 0.6) is 0 Å². The van der Waals surface area contributed by atoms with Crippen molar-refractivity contribution in [3.63, 3.8) is 0 Å². The SMILES string of the molecule is CCN(C)CCC1CCN(c2cc(Br)ccc2S(=O)(=O)NC2CCOC23CCCC3)CC1. The number of rotatable bonds is 8. The fourth-order valence-corrected chi connectivity index (χ4v) is 7.51. The Morgan fingerprint density at radius 2 is 1.94 bits per heavy atom. The molecule has 4 rings (SSSR count). The molecule has 180 valence electrons. The summed E-state index contributed by atoms with van der Waals surface area (Å²) in [5.74, 6) is 0.712. The average Bonchev–Trinajstić information content (AvgIpc) is 3.42. The average molecular weight is 529 g/mol. The first-order chi connectivity index (χ1) is 15.3. The minimum Gasteiger partial charge on any atom is -0.373 e. The van der Waals surface area contributed by atoms with E-state index in [0.717, 1.165) is 81.3 Å². The summed E-state index contributed by atoms with van der Waals surface area (Å²) >= 11 is 3.56. The number of halogens is 1. The quantitative estimate of drug-likeness (QED) is 0.543. The van der Waals surface area contributed by atoms with E-state index in [2.05, 4.69) is 44.4 Å². The van der Waals surface area contributed by atoms with E-state index in [1.165, 1.54) is 6.42 Å². The van der Waals surface area contributed by atoms with E-state index < -0.39 is 10.0 Å². The molecule has 0 amide bonds. The van der Waals surface area contributed by atoms with Crippen molar-refractivity contribution in [2.24, 2.45) is 5.92 Å². The van der Waals surface area contributed by atoms with Gasteiger partial charge >= 0.3 is 0 Å². The van der Waals surface area contributed by atoms with E-state index in [9.17, 15) is 8.42 Å². The predicted molar refractivity (Wildman–Crippen MR) is 133 cm³/mol. The second kappa shape index (κ2) is 10.3. The zero-order valence-electron chi connectivity index (χ0n) is 19.5. The molecule has 2 heterocycles. The van der Waals surface area contributed by atoms with Crippen LogP contribution in [0.2, 0.25) is 0 Å². The Morgan fingerprint density at radius 1 is 1.22 bits per heavy atom. The van der Waals surface area contributed by atoms with Gasteiger partial charge in [-0.05, 0) is 82.8 Å². The lowest BCUT2D eigenvalue weighted by atomic mass is 9.93. The third-order valence-corrected chi connectivity index (χ3v) is 9.82. The van der Waals surface area contributed by atoms with Crippen LogP contribution in [-0.2, 0) is 14.8 Å². The molecule has 3 fully saturated rings. The number of ether oxygens (including phenoxy) is 1. The van der Waals surface area contributed by atoms with Crippen molar-refractivity contribution in [2.75, 3.05) is 44.7 Å². The van der Waals surface area contributed by atoms with Gasteiger partial charge in [0.1, 0.15) is 4.90 Å². The van der Waals surface area contributed by atoms with E-state index in [0.29, 0.717) is 17.4 Å². The molecule has 6 nitrogen and oxygen atoms in total. The second-order valence-electron chi connectivity index (χ2n) is 9.81. The molecule has 32 heavy (non-hydrogen) atoms. The molecule has 3 aliphatic rings. The highest BCUT2D eigenvalue weighted by Crippen LogP contribution is 2.42. The van der Waals surface area contributed by atoms with Gasteiger partial charge in [-0.3, -0.25) is 0 Å². The molecule has 1 N–H and O–H groups in total. The summed E-state index contributed by atoms with van der Waals surface area (Å²) in [5.41, 5.74) is 0.516. The van der Waals surface area contributed by atoms with Crippen LogP contribution in [0.25, 0.3) is 0 Å². The van der Waals surface area contributed by atoms with Gasteiger partial charge in [-0.1, -0.05) is 35.7 Å². The van der Waals surface area contributed by atoms with Gasteiger partial charge in [-0.25, -0.2) is 13.1 Å². The molecule has 0 aromatic heterocycles. The summed E-state index contributed by atoms with van der Waals surface area (Å²) in [6.45, 7) is 6.84. The summed E-state index contributed by atoms with van der Waals surface area (Å²) in [6.07, 6.45) is 8.32. The summed E-state index contributed by atoms with van der Waals surface area (Å²) < 4.78 is 37.2. The Morgan fingerprint density at radius 3 is 2.62 bits per heavy atom. The summed E-state index contributed by atoms with van der Waals surface area (Å²) in [6, 6.07) is 5.42. The molecule has 0 radical (unpaired) electrons. The third kappa shape index (κ3) is 5.35. The van der Waals surface area contributed by atoms with Crippen molar-refractivity contribution >= 4 is 31.6 Å². The molecule has 1 aliphatic carbocycles. The number of nitrogens with one attached hydrogen (secondary N) is 1. The van der Waals surface area contributed by atoms with Crippen molar-refractivity contribution in [1.29, 1.82) is 0 Å². The molecular formula is C24H38BrN3O3S. The van der Waals surface area contributed by atoms with E-state index in [1.54, 1.807) is 6.07 Å². The smallest absolute Gasteiger partial charge is 0.242 e. The normalized spacial score (nSPS) is 24.1. The van der Waals surface area contributed by atoms with Crippen LogP contribution in [0.1, 0.15) is 58.3 Å². The molecular weight excluding hydrogens is 490 g/mol. The van der Waals surface area contributed by atoms with Gasteiger partial charge in [-0.2, -0.15) is 0 Å². The zero-order chi connectivity index (χ0) is 22.8. The number of sulfonamides is 1. The monoisotopic (exact) mass is 527 g/mol. The first-order valence-electron chi connectivity index (χ1n) is 12.2. The van der Waals surface area contributed by atoms with Gasteiger partial charge in [0.05, 0.1) is 17.3 Å². The Kier molecular flexibility index (Phi) is 7.87. The van der Waals surface area contributed by atoms with Crippen molar-refractivity contribution in [1.82, 2.24) is 9.62 Å². The zero-order valence-corrected chi connectivity index (χ0v) is 21.9. The lowest BCUT2D eigenvalue weighted by Gasteiger charge is -2.36. The molecule has 1 aromatic rings. The minimum atomic E-state index is -3.64. The Hall–Kier alpha value is -0.670. The van der Waals surface area contributed by atoms with E-state index in [1.807, 2.05) is 12.1 Å². The maximum absolute atomic E-state index is 13.6. The molecule has 1 unspecified atom stereocenters. The molecule has 2 aliphatic heterocycles. The lowest BCUT2D eigenvalue weighted by molar-refractivity contribution is -0.000736. The van der Waals surface area contributed by atoms with Gasteiger partial charge in [-0.15, -0.1) is 0 Å². The Labute approximate surface area is 202 Å². The van der Waals surface area contributed by atoms with Crippen molar-refractivity contribution < 1.29 is 13.2 Å². The highest BCUT2D eigenvalue weighted by atomic mass is 79.9. The van der Waals surface area contributed by atoms with Crippen molar-refractivity contribution in [3.05, 3.63) is 22.7 Å². The molecule has 2 saturated heterocycles. The molecule has 1 spiro atoms. The summed E-state index contributed by atoms with van der Waals surface area (Å²) in [5, 5.41) is 0. The van der Waals surface area contributed by atoms with E-state index >= 15 is 0 Å². The number of piperidine rings is 1. The minimum absolute atomic E-state index is 0.132. The molecule has 1 aromatic carbocycles. The number of nitrogens with zero attached hydrogens (tertiary/aromatic N) is 2. The number of benzene rings is 1. The van der Waals surface area contributed by atoms with Gasteiger partial charge in [0.25, 0.3) is 0 Å². The second-order valence-corrected chi connectivity index (χ2v) is 12.4. The fourth-order valence-electron chi connectivity index (χ4n) is 5.62. The molecule has 0 bridgehead atoms. The van der Waals surface area contributed by atoms with Gasteiger partial charge in [0.15, 0.2) is 0 Å². The number of hydrogen-bond donors (Lipinski definition) is 1. The topological polar surface area (TPSA) is 61.9 Å². The first-order valence-corrected chi connectivity index (χ1v) is 14.5. The lowest BCUT2D eigenvalue weighted by Crippen LogP contribution is -2.48. The van der Waals surface area contributed by atoms with Gasteiger partial charge in [0, 0.05) is 24.2 Å². The van der Waals surface area contributed by atoms with Crippen LogP contribution >= 0.6 is 15.9 Å². The van der Waals surface area contributed by atoms with Crippen molar-refractivity contribution in [3.8, 4) is 0 Å². The van der Waals surface area contributed by atoms with Crippen LogP contribution in [0.4, 0.5) is 5.69 Å².